The van der Waals surface area contributed by atoms with Crippen LogP contribution in [0, 0.1) is 0 Å². The number of hydrogen-bond acceptors (Lipinski definition) is 1. The van der Waals surface area contributed by atoms with E-state index in [1.165, 1.54) is 29.3 Å². The van der Waals surface area contributed by atoms with Gasteiger partial charge in [0.1, 0.15) is 0 Å². The Morgan fingerprint density at radius 3 is 2.47 bits per heavy atom. The molecule has 0 aromatic heterocycles. The molecule has 1 aromatic carbocycles. The maximum atomic E-state index is 4.19. The van der Waals surface area contributed by atoms with Gasteiger partial charge in [0, 0.05) is 12.2 Å². The minimum Gasteiger partial charge on any atom is -0.385 e. The molecule has 2 heteroatoms. The molecule has 0 aliphatic rings. The van der Waals surface area contributed by atoms with Crippen LogP contribution in [0.1, 0.15) is 51.7 Å². The zero-order valence-electron chi connectivity index (χ0n) is 13.1. The summed E-state index contributed by atoms with van der Waals surface area (Å²) in [7, 11) is 0.828. The monoisotopic (exact) mass is 277 g/mol. The Balaban J connectivity index is 2.97. The second kappa shape index (κ2) is 7.10. The van der Waals surface area contributed by atoms with Crippen LogP contribution in [0.4, 0.5) is 0 Å². The first-order chi connectivity index (χ1) is 8.88. The molecule has 1 N–H and O–H groups in total. The van der Waals surface area contributed by atoms with Gasteiger partial charge in [0.25, 0.3) is 0 Å². The predicted molar refractivity (Wildman–Crippen MR) is 91.0 cm³/mol. The van der Waals surface area contributed by atoms with Crippen molar-refractivity contribution in [1.82, 2.24) is 5.32 Å². The molecule has 1 aromatic rings. The number of unbranched alkanes of at least 4 members (excludes halogenated alkanes) is 1. The van der Waals surface area contributed by atoms with Crippen LogP contribution in [0.3, 0.4) is 0 Å². The van der Waals surface area contributed by atoms with Gasteiger partial charge in [-0.25, -0.2) is 0 Å². The van der Waals surface area contributed by atoms with E-state index in [-0.39, 0.29) is 5.41 Å². The Hall–Kier alpha value is -0.810. The van der Waals surface area contributed by atoms with Crippen molar-refractivity contribution in [1.29, 1.82) is 0 Å². The van der Waals surface area contributed by atoms with Gasteiger partial charge in [-0.2, -0.15) is 0 Å². The van der Waals surface area contributed by atoms with Crippen LogP contribution in [0.15, 0.2) is 24.8 Å². The highest BCUT2D eigenvalue weighted by molar-refractivity contribution is 7.46. The summed E-state index contributed by atoms with van der Waals surface area (Å²) in [4.78, 5) is 0. The molecule has 0 heterocycles. The van der Waals surface area contributed by atoms with Gasteiger partial charge < -0.3 is 5.32 Å². The summed E-state index contributed by atoms with van der Waals surface area (Å²) in [6, 6.07) is 6.89. The third-order valence-corrected chi connectivity index (χ3v) is 4.17. The van der Waals surface area contributed by atoms with Crippen LogP contribution in [0.25, 0.3) is 5.70 Å². The second-order valence-electron chi connectivity index (χ2n) is 6.06. The third kappa shape index (κ3) is 4.99. The molecule has 0 aliphatic carbocycles. The van der Waals surface area contributed by atoms with Gasteiger partial charge in [-0.3, -0.25) is 0 Å². The first-order valence-electron chi connectivity index (χ1n) is 7.15. The molecule has 106 valence electrons. The topological polar surface area (TPSA) is 12.0 Å². The Bertz CT molecular complexity index is 429. The molecule has 0 spiro atoms. The molecule has 0 saturated carbocycles. The van der Waals surface area contributed by atoms with Gasteiger partial charge in [0.2, 0.25) is 0 Å². The molecule has 0 bridgehead atoms. The van der Waals surface area contributed by atoms with E-state index < -0.39 is 0 Å². The molecule has 1 nitrogen and oxygen atoms in total. The largest absolute Gasteiger partial charge is 0.385 e. The van der Waals surface area contributed by atoms with Gasteiger partial charge >= 0.3 is 0 Å². The van der Waals surface area contributed by atoms with E-state index in [1.807, 2.05) is 0 Å². The summed E-state index contributed by atoms with van der Waals surface area (Å²) in [5, 5.41) is 4.86. The molecule has 19 heavy (non-hydrogen) atoms. The lowest BCUT2D eigenvalue weighted by Crippen LogP contribution is -2.17. The Kier molecular flexibility index (Phi) is 6.07. The van der Waals surface area contributed by atoms with Crippen molar-refractivity contribution in [2.45, 2.75) is 46.0 Å². The highest BCUT2D eigenvalue weighted by Crippen LogP contribution is 2.25. The van der Waals surface area contributed by atoms with E-state index in [4.69, 9.17) is 0 Å². The normalized spacial score (nSPS) is 12.1. The molecule has 0 fully saturated rings. The fraction of sp³-hybridized carbons (Fsp3) is 0.529. The van der Waals surface area contributed by atoms with E-state index in [1.54, 1.807) is 0 Å². The summed E-state index contributed by atoms with van der Waals surface area (Å²) < 4.78 is 0. The summed E-state index contributed by atoms with van der Waals surface area (Å²) >= 11 is 0. The summed E-state index contributed by atoms with van der Waals surface area (Å²) in [6.45, 7) is 16.4. The van der Waals surface area contributed by atoms with Crippen molar-refractivity contribution < 1.29 is 0 Å². The van der Waals surface area contributed by atoms with Crippen molar-refractivity contribution in [3.63, 3.8) is 0 Å². The molecule has 0 saturated heterocycles. The lowest BCUT2D eigenvalue weighted by Gasteiger charge is -2.22. The van der Waals surface area contributed by atoms with E-state index in [0.29, 0.717) is 0 Å². The van der Waals surface area contributed by atoms with Gasteiger partial charge in [-0.05, 0) is 47.1 Å². The zero-order valence-corrected chi connectivity index (χ0v) is 14.1. The minimum atomic E-state index is 0.189. The number of benzene rings is 1. The Morgan fingerprint density at radius 2 is 1.95 bits per heavy atom. The molecule has 0 radical (unpaired) electrons. The van der Waals surface area contributed by atoms with Gasteiger partial charge in [0.15, 0.2) is 0 Å². The fourth-order valence-corrected chi connectivity index (χ4v) is 2.50. The van der Waals surface area contributed by atoms with Crippen molar-refractivity contribution in [2.75, 3.05) is 13.2 Å². The quantitative estimate of drug-likeness (QED) is 0.604. The number of hydrogen-bond donors (Lipinski definition) is 1. The van der Waals surface area contributed by atoms with Gasteiger partial charge in [-0.1, -0.05) is 55.3 Å². The van der Waals surface area contributed by atoms with Gasteiger partial charge in [-0.15, -0.1) is 0 Å². The molecule has 1 atom stereocenters. The molecular weight excluding hydrogens is 249 g/mol. The van der Waals surface area contributed by atoms with Crippen LogP contribution in [-0.2, 0) is 5.41 Å². The van der Waals surface area contributed by atoms with Crippen molar-refractivity contribution in [2.24, 2.45) is 0 Å². The molecular formula is C17H28NP. The van der Waals surface area contributed by atoms with Crippen LogP contribution in [0.2, 0.25) is 0 Å². The van der Waals surface area contributed by atoms with Crippen LogP contribution < -0.4 is 10.6 Å². The fourth-order valence-electron chi connectivity index (χ4n) is 1.90. The number of rotatable bonds is 6. The SMILES string of the molecule is C=C(NCCCC)c1cc(PC)cc(C(C)(C)C)c1. The molecule has 0 amide bonds. The smallest absolute Gasteiger partial charge is 0.0341 e. The van der Waals surface area contributed by atoms with Crippen molar-refractivity contribution >= 4 is 19.6 Å². The molecule has 1 rings (SSSR count). The lowest BCUT2D eigenvalue weighted by molar-refractivity contribution is 0.590. The first kappa shape index (κ1) is 16.2. The van der Waals surface area contributed by atoms with E-state index in [0.717, 1.165) is 20.8 Å². The van der Waals surface area contributed by atoms with Crippen LogP contribution in [0.5, 0.6) is 0 Å². The summed E-state index contributed by atoms with van der Waals surface area (Å²) in [6.07, 6.45) is 2.41. The first-order valence-corrected chi connectivity index (χ1v) is 8.65. The van der Waals surface area contributed by atoms with Crippen molar-refractivity contribution in [3.05, 3.63) is 35.9 Å². The van der Waals surface area contributed by atoms with Gasteiger partial charge in [0.05, 0.1) is 0 Å². The average Bonchev–Trinajstić information content (AvgIpc) is 2.37. The van der Waals surface area contributed by atoms with Crippen LogP contribution >= 0.6 is 8.58 Å². The molecule has 1 unspecified atom stereocenters. The highest BCUT2D eigenvalue weighted by atomic mass is 31.1. The van der Waals surface area contributed by atoms with E-state index in [2.05, 4.69) is 64.5 Å². The molecule has 0 aliphatic heterocycles. The average molecular weight is 277 g/mol. The maximum absolute atomic E-state index is 4.19. The standard InChI is InChI=1S/C17H28NP/c1-7-8-9-18-13(2)14-10-15(17(3,4)5)12-16(11-14)19-6/h10-12,18-19H,2,7-9H2,1,3-6H3. The van der Waals surface area contributed by atoms with Crippen molar-refractivity contribution in [3.8, 4) is 0 Å². The Labute approximate surface area is 120 Å². The minimum absolute atomic E-state index is 0.189. The highest BCUT2D eigenvalue weighted by Gasteiger charge is 2.15. The Morgan fingerprint density at radius 1 is 1.26 bits per heavy atom. The lowest BCUT2D eigenvalue weighted by atomic mass is 9.86. The second-order valence-corrected chi connectivity index (χ2v) is 7.14. The summed E-state index contributed by atoms with van der Waals surface area (Å²) in [5.74, 6) is 0. The third-order valence-electron chi connectivity index (χ3n) is 3.30. The predicted octanol–water partition coefficient (Wildman–Crippen LogP) is 4.28. The zero-order chi connectivity index (χ0) is 14.5. The summed E-state index contributed by atoms with van der Waals surface area (Å²) in [5.41, 5.74) is 3.88. The maximum Gasteiger partial charge on any atom is 0.0341 e. The van der Waals surface area contributed by atoms with Crippen LogP contribution in [-0.4, -0.2) is 13.2 Å². The van der Waals surface area contributed by atoms with E-state index >= 15 is 0 Å². The van der Waals surface area contributed by atoms with E-state index in [9.17, 15) is 0 Å². The number of nitrogens with one attached hydrogen (secondary N) is 1.